The van der Waals surface area contributed by atoms with Crippen molar-refractivity contribution in [2.45, 2.75) is 0 Å². The maximum Gasteiger partial charge on any atom is 0.160 e. The van der Waals surface area contributed by atoms with E-state index in [1.54, 1.807) is 0 Å². The van der Waals surface area contributed by atoms with Gasteiger partial charge < -0.3 is 8.83 Å². The molecule has 262 valence electrons. The van der Waals surface area contributed by atoms with Crippen LogP contribution in [0.25, 0.3) is 111 Å². The highest BCUT2D eigenvalue weighted by Gasteiger charge is 2.19. The van der Waals surface area contributed by atoms with Crippen molar-refractivity contribution in [2.75, 3.05) is 0 Å². The van der Waals surface area contributed by atoms with Gasteiger partial charge in [-0.2, -0.15) is 0 Å². The second-order valence-corrected chi connectivity index (χ2v) is 14.1. The Morgan fingerprint density at radius 2 is 0.804 bits per heavy atom. The lowest BCUT2D eigenvalue weighted by Crippen LogP contribution is -1.96. The van der Waals surface area contributed by atoms with Crippen LogP contribution in [-0.4, -0.2) is 9.97 Å². The summed E-state index contributed by atoms with van der Waals surface area (Å²) >= 11 is 0. The molecule has 0 aliphatic carbocycles. The Morgan fingerprint density at radius 3 is 1.54 bits per heavy atom. The molecule has 56 heavy (non-hydrogen) atoms. The van der Waals surface area contributed by atoms with E-state index in [1.165, 1.54) is 5.56 Å². The van der Waals surface area contributed by atoms with E-state index in [0.717, 1.165) is 99.8 Å². The second kappa shape index (κ2) is 13.1. The van der Waals surface area contributed by atoms with Crippen LogP contribution in [0.1, 0.15) is 0 Å². The monoisotopic (exact) mass is 716 g/mol. The first-order valence-corrected chi connectivity index (χ1v) is 18.8. The Kier molecular flexibility index (Phi) is 7.46. The highest BCUT2D eigenvalue weighted by molar-refractivity contribution is 6.17. The normalized spacial score (nSPS) is 11.6. The third-order valence-electron chi connectivity index (χ3n) is 10.8. The summed E-state index contributed by atoms with van der Waals surface area (Å²) in [6.07, 6.45) is 0. The van der Waals surface area contributed by atoms with Crippen LogP contribution in [-0.2, 0) is 0 Å². The minimum Gasteiger partial charge on any atom is -0.456 e. The molecule has 0 aliphatic heterocycles. The molecule has 0 amide bonds. The summed E-state index contributed by atoms with van der Waals surface area (Å²) < 4.78 is 13.0. The minimum absolute atomic E-state index is 0.686. The summed E-state index contributed by atoms with van der Waals surface area (Å²) in [7, 11) is 0. The summed E-state index contributed by atoms with van der Waals surface area (Å²) in [5.74, 6) is 0.686. The average Bonchev–Trinajstić information content (AvgIpc) is 3.85. The van der Waals surface area contributed by atoms with Gasteiger partial charge in [-0.15, -0.1) is 0 Å². The van der Waals surface area contributed by atoms with E-state index in [-0.39, 0.29) is 0 Å². The summed E-state index contributed by atoms with van der Waals surface area (Å²) in [6.45, 7) is 0. The molecule has 0 unspecified atom stereocenters. The van der Waals surface area contributed by atoms with Crippen LogP contribution in [0.2, 0.25) is 0 Å². The van der Waals surface area contributed by atoms with Gasteiger partial charge in [-0.3, -0.25) is 0 Å². The van der Waals surface area contributed by atoms with Crippen molar-refractivity contribution in [2.24, 2.45) is 0 Å². The number of rotatable bonds is 6. The van der Waals surface area contributed by atoms with Crippen LogP contribution in [0.3, 0.4) is 0 Å². The van der Waals surface area contributed by atoms with Crippen molar-refractivity contribution in [3.63, 3.8) is 0 Å². The molecular weight excluding hydrogens is 685 g/mol. The average molecular weight is 717 g/mol. The number of furan rings is 2. The van der Waals surface area contributed by atoms with E-state index >= 15 is 0 Å². The number of hydrogen-bond acceptors (Lipinski definition) is 4. The molecule has 4 nitrogen and oxygen atoms in total. The number of nitrogens with zero attached hydrogens (tertiary/aromatic N) is 2. The van der Waals surface area contributed by atoms with Gasteiger partial charge in [0.2, 0.25) is 0 Å². The first-order valence-electron chi connectivity index (χ1n) is 18.8. The van der Waals surface area contributed by atoms with Crippen LogP contribution >= 0.6 is 0 Å². The van der Waals surface area contributed by atoms with Crippen molar-refractivity contribution >= 4 is 43.9 Å². The Labute approximate surface area is 323 Å². The van der Waals surface area contributed by atoms with Gasteiger partial charge >= 0.3 is 0 Å². The highest BCUT2D eigenvalue weighted by Crippen LogP contribution is 2.43. The number of aromatic nitrogens is 2. The molecule has 4 heteroatoms. The molecule has 11 aromatic rings. The first kappa shape index (κ1) is 31.9. The lowest BCUT2D eigenvalue weighted by atomic mass is 9.93. The largest absolute Gasteiger partial charge is 0.456 e. The van der Waals surface area contributed by atoms with Gasteiger partial charge in [-0.25, -0.2) is 9.97 Å². The predicted molar refractivity (Wildman–Crippen MR) is 229 cm³/mol. The van der Waals surface area contributed by atoms with E-state index in [2.05, 4.69) is 146 Å². The van der Waals surface area contributed by atoms with Crippen LogP contribution in [0.15, 0.2) is 203 Å². The van der Waals surface area contributed by atoms with Crippen LogP contribution < -0.4 is 0 Å². The summed E-state index contributed by atoms with van der Waals surface area (Å²) in [4.78, 5) is 10.2. The molecule has 0 fully saturated rings. The van der Waals surface area contributed by atoms with Gasteiger partial charge in [0.05, 0.1) is 11.4 Å². The maximum absolute atomic E-state index is 6.67. The maximum atomic E-state index is 6.67. The molecule has 0 radical (unpaired) electrons. The van der Waals surface area contributed by atoms with Crippen molar-refractivity contribution in [3.05, 3.63) is 194 Å². The van der Waals surface area contributed by atoms with Crippen LogP contribution in [0.5, 0.6) is 0 Å². The van der Waals surface area contributed by atoms with Gasteiger partial charge in [-0.1, -0.05) is 158 Å². The lowest BCUT2D eigenvalue weighted by molar-refractivity contribution is 0.668. The zero-order valence-electron chi connectivity index (χ0n) is 30.2. The number of benzene rings is 8. The molecular formula is C52H32N2O2. The van der Waals surface area contributed by atoms with Crippen molar-refractivity contribution < 1.29 is 8.83 Å². The van der Waals surface area contributed by atoms with Gasteiger partial charge in [0, 0.05) is 43.8 Å². The highest BCUT2D eigenvalue weighted by atomic mass is 16.3. The fourth-order valence-corrected chi connectivity index (χ4v) is 7.93. The Hall–Kier alpha value is -7.56. The van der Waals surface area contributed by atoms with Crippen molar-refractivity contribution in [3.8, 4) is 67.3 Å². The molecule has 0 spiro atoms. The van der Waals surface area contributed by atoms with Crippen LogP contribution in [0, 0.1) is 0 Å². The Morgan fingerprint density at radius 1 is 0.304 bits per heavy atom. The molecule has 0 aliphatic rings. The van der Waals surface area contributed by atoms with Gasteiger partial charge in [0.1, 0.15) is 22.3 Å². The van der Waals surface area contributed by atoms with E-state index in [4.69, 9.17) is 18.8 Å². The SMILES string of the molecule is c1ccc(-c2ccc(-c3nc(-c4ccccc4)cc(-c4ccc(-c5ccc(-c6ccc7c(c6)oc6ccccc67)c6c5oc5ccccc56)cc4)n3)cc2)cc1. The third kappa shape index (κ3) is 5.47. The smallest absolute Gasteiger partial charge is 0.160 e. The molecule has 3 heterocycles. The first-order chi connectivity index (χ1) is 27.7. The van der Waals surface area contributed by atoms with Crippen molar-refractivity contribution in [1.29, 1.82) is 0 Å². The quantitative estimate of drug-likeness (QED) is 0.172. The van der Waals surface area contributed by atoms with E-state index in [1.807, 2.05) is 48.5 Å². The van der Waals surface area contributed by atoms with E-state index in [0.29, 0.717) is 5.82 Å². The molecule has 0 N–H and O–H groups in total. The summed E-state index contributed by atoms with van der Waals surface area (Å²) in [5.41, 5.74) is 14.8. The Bertz CT molecular complexity index is 3220. The zero-order chi connectivity index (χ0) is 37.0. The molecule has 11 rings (SSSR count). The molecule has 8 aromatic carbocycles. The molecule has 0 bridgehead atoms. The topological polar surface area (TPSA) is 52.1 Å². The van der Waals surface area contributed by atoms with Crippen molar-refractivity contribution in [1.82, 2.24) is 9.97 Å². The van der Waals surface area contributed by atoms with E-state index < -0.39 is 0 Å². The molecule has 0 saturated heterocycles. The predicted octanol–water partition coefficient (Wildman–Crippen LogP) is 14.3. The zero-order valence-corrected chi connectivity index (χ0v) is 30.2. The minimum atomic E-state index is 0.686. The second-order valence-electron chi connectivity index (χ2n) is 14.1. The Balaban J connectivity index is 0.998. The molecule has 0 atom stereocenters. The van der Waals surface area contributed by atoms with Gasteiger partial charge in [0.15, 0.2) is 5.82 Å². The number of hydrogen-bond donors (Lipinski definition) is 0. The molecule has 0 saturated carbocycles. The van der Waals surface area contributed by atoms with Crippen LogP contribution in [0.4, 0.5) is 0 Å². The van der Waals surface area contributed by atoms with Gasteiger partial charge in [0.25, 0.3) is 0 Å². The fourth-order valence-electron chi connectivity index (χ4n) is 7.93. The summed E-state index contributed by atoms with van der Waals surface area (Å²) in [5, 5.41) is 4.41. The third-order valence-corrected chi connectivity index (χ3v) is 10.8. The number of para-hydroxylation sites is 2. The number of fused-ring (bicyclic) bond motifs is 6. The summed E-state index contributed by atoms with van der Waals surface area (Å²) in [6, 6.07) is 67.3. The van der Waals surface area contributed by atoms with Gasteiger partial charge in [-0.05, 0) is 64.2 Å². The van der Waals surface area contributed by atoms with E-state index in [9.17, 15) is 0 Å². The molecule has 3 aromatic heterocycles. The lowest BCUT2D eigenvalue weighted by Gasteiger charge is -2.11. The fraction of sp³-hybridized carbons (Fsp3) is 0. The standard InChI is InChI=1S/C52H32N2O2/c1-3-11-33(12-4-1)34-19-25-38(26-20-34)52-53-45(36-13-5-2-6-14-36)32-46(54-52)37-23-21-35(22-24-37)41-30-29-40(50-44-16-8-10-18-48(44)56-51(41)50)39-27-28-43-42-15-7-9-17-47(42)55-49(43)31-39/h1-32H.